The van der Waals surface area contributed by atoms with E-state index in [9.17, 15) is 0 Å². The number of rotatable bonds is 3. The zero-order chi connectivity index (χ0) is 7.52. The highest BCUT2D eigenvalue weighted by atomic mass is 32.2. The molecule has 1 aliphatic rings. The number of hydrogen-bond donors (Lipinski definition) is 1. The Kier molecular flexibility index (Phi) is 2.19. The molecule has 0 radical (unpaired) electrons. The van der Waals surface area contributed by atoms with Crippen molar-refractivity contribution in [2.75, 3.05) is 11.5 Å². The van der Waals surface area contributed by atoms with Crippen LogP contribution in [-0.2, 0) is 6.54 Å². The number of thioether (sulfide) groups is 1. The van der Waals surface area contributed by atoms with E-state index in [-0.39, 0.29) is 0 Å². The van der Waals surface area contributed by atoms with E-state index in [1.54, 1.807) is 12.5 Å². The third-order valence-corrected chi connectivity index (χ3v) is 3.09. The number of furan rings is 1. The van der Waals surface area contributed by atoms with Crippen LogP contribution in [0, 0.1) is 0 Å². The lowest BCUT2D eigenvalue weighted by Crippen LogP contribution is -2.39. The highest BCUT2D eigenvalue weighted by Gasteiger charge is 2.16. The summed E-state index contributed by atoms with van der Waals surface area (Å²) in [6.45, 7) is 0.946. The molecule has 3 heteroatoms. The molecule has 1 N–H and O–H groups in total. The van der Waals surface area contributed by atoms with Crippen molar-refractivity contribution in [3.8, 4) is 0 Å². The van der Waals surface area contributed by atoms with Gasteiger partial charge in [-0.3, -0.25) is 0 Å². The minimum absolute atomic E-state index is 0.731. The molecule has 2 rings (SSSR count). The zero-order valence-corrected chi connectivity index (χ0v) is 7.06. The van der Waals surface area contributed by atoms with Crippen LogP contribution in [0.2, 0.25) is 0 Å². The van der Waals surface area contributed by atoms with Crippen molar-refractivity contribution in [3.05, 3.63) is 24.2 Å². The van der Waals surface area contributed by atoms with E-state index in [2.05, 4.69) is 5.32 Å². The fourth-order valence-electron chi connectivity index (χ4n) is 1.01. The van der Waals surface area contributed by atoms with Crippen LogP contribution in [0.5, 0.6) is 0 Å². The van der Waals surface area contributed by atoms with Crippen molar-refractivity contribution in [2.45, 2.75) is 12.6 Å². The molecule has 2 heterocycles. The summed E-state index contributed by atoms with van der Waals surface area (Å²) in [6, 6.07) is 2.73. The van der Waals surface area contributed by atoms with Gasteiger partial charge in [0.05, 0.1) is 12.5 Å². The van der Waals surface area contributed by atoms with E-state index in [1.165, 1.54) is 17.1 Å². The molecule has 1 aliphatic heterocycles. The van der Waals surface area contributed by atoms with Crippen LogP contribution in [0.4, 0.5) is 0 Å². The minimum atomic E-state index is 0.731. The zero-order valence-electron chi connectivity index (χ0n) is 6.25. The Hall–Kier alpha value is -0.410. The molecular formula is C8H11NOS. The lowest BCUT2D eigenvalue weighted by molar-refractivity contribution is 0.550. The molecule has 0 unspecified atom stereocenters. The predicted octanol–water partition coefficient (Wildman–Crippen LogP) is 1.48. The second-order valence-corrected chi connectivity index (χ2v) is 3.82. The molecule has 0 bridgehead atoms. The van der Waals surface area contributed by atoms with Crippen LogP contribution in [0.25, 0.3) is 0 Å². The first-order chi connectivity index (χ1) is 5.45. The largest absolute Gasteiger partial charge is 0.472 e. The first-order valence-corrected chi connectivity index (χ1v) is 4.93. The summed E-state index contributed by atoms with van der Waals surface area (Å²) in [6.07, 6.45) is 3.51. The highest BCUT2D eigenvalue weighted by molar-refractivity contribution is 8.00. The Balaban J connectivity index is 1.74. The van der Waals surface area contributed by atoms with Gasteiger partial charge in [0.15, 0.2) is 0 Å². The Morgan fingerprint density at radius 3 is 3.09 bits per heavy atom. The Morgan fingerprint density at radius 1 is 1.64 bits per heavy atom. The average molecular weight is 169 g/mol. The molecule has 1 aromatic heterocycles. The van der Waals surface area contributed by atoms with Gasteiger partial charge in [0.2, 0.25) is 0 Å². The smallest absolute Gasteiger partial charge is 0.0947 e. The molecule has 11 heavy (non-hydrogen) atoms. The molecule has 1 aromatic rings. The van der Waals surface area contributed by atoms with E-state index in [1.807, 2.05) is 17.8 Å². The monoisotopic (exact) mass is 169 g/mol. The fraction of sp³-hybridized carbons (Fsp3) is 0.500. The molecule has 60 valence electrons. The lowest BCUT2D eigenvalue weighted by Gasteiger charge is -2.25. The van der Waals surface area contributed by atoms with Crippen LogP contribution >= 0.6 is 11.8 Å². The van der Waals surface area contributed by atoms with Crippen LogP contribution in [0.1, 0.15) is 5.56 Å². The van der Waals surface area contributed by atoms with Gasteiger partial charge in [-0.15, -0.1) is 0 Å². The normalized spacial score (nSPS) is 18.2. The summed E-state index contributed by atoms with van der Waals surface area (Å²) in [5.41, 5.74) is 1.24. The van der Waals surface area contributed by atoms with Gasteiger partial charge in [-0.05, 0) is 6.07 Å². The molecule has 0 saturated carbocycles. The van der Waals surface area contributed by atoms with Crippen LogP contribution in [0.15, 0.2) is 23.0 Å². The Labute approximate surface area is 70.4 Å². The van der Waals surface area contributed by atoms with Crippen molar-refractivity contribution >= 4 is 11.8 Å². The predicted molar refractivity (Wildman–Crippen MR) is 46.7 cm³/mol. The van der Waals surface area contributed by atoms with Gasteiger partial charge in [-0.25, -0.2) is 0 Å². The van der Waals surface area contributed by atoms with Gasteiger partial charge in [0.1, 0.15) is 0 Å². The van der Waals surface area contributed by atoms with Crippen LogP contribution in [-0.4, -0.2) is 17.5 Å². The van der Waals surface area contributed by atoms with Gasteiger partial charge >= 0.3 is 0 Å². The van der Waals surface area contributed by atoms with Crippen LogP contribution in [0.3, 0.4) is 0 Å². The second kappa shape index (κ2) is 3.32. The SMILES string of the molecule is c1cc(CNC2CSC2)co1. The van der Waals surface area contributed by atoms with Crippen molar-refractivity contribution in [1.29, 1.82) is 0 Å². The Bertz CT molecular complexity index is 206. The van der Waals surface area contributed by atoms with Gasteiger partial charge < -0.3 is 9.73 Å². The Morgan fingerprint density at radius 2 is 2.55 bits per heavy atom. The number of nitrogens with one attached hydrogen (secondary N) is 1. The summed E-state index contributed by atoms with van der Waals surface area (Å²) in [5, 5.41) is 3.44. The van der Waals surface area contributed by atoms with Gasteiger partial charge in [0.25, 0.3) is 0 Å². The summed E-state index contributed by atoms with van der Waals surface area (Å²) >= 11 is 2.00. The van der Waals surface area contributed by atoms with E-state index in [0.29, 0.717) is 0 Å². The fourth-order valence-corrected chi connectivity index (χ4v) is 1.72. The minimum Gasteiger partial charge on any atom is -0.472 e. The third kappa shape index (κ3) is 1.79. The summed E-state index contributed by atoms with van der Waals surface area (Å²) < 4.78 is 4.95. The summed E-state index contributed by atoms with van der Waals surface area (Å²) in [7, 11) is 0. The van der Waals surface area contributed by atoms with Gasteiger partial charge in [-0.1, -0.05) is 0 Å². The molecule has 0 amide bonds. The molecule has 2 nitrogen and oxygen atoms in total. The van der Waals surface area contributed by atoms with Crippen LogP contribution < -0.4 is 5.32 Å². The van der Waals surface area contributed by atoms with E-state index < -0.39 is 0 Å². The van der Waals surface area contributed by atoms with Crippen molar-refractivity contribution in [2.24, 2.45) is 0 Å². The lowest BCUT2D eigenvalue weighted by atomic mass is 10.3. The van der Waals surface area contributed by atoms with Crippen molar-refractivity contribution in [3.63, 3.8) is 0 Å². The summed E-state index contributed by atoms with van der Waals surface area (Å²) in [5.74, 6) is 2.52. The molecule has 0 aliphatic carbocycles. The molecule has 1 saturated heterocycles. The van der Waals surface area contributed by atoms with Gasteiger partial charge in [0, 0.05) is 29.7 Å². The van der Waals surface area contributed by atoms with Gasteiger partial charge in [-0.2, -0.15) is 11.8 Å². The molecule has 0 atom stereocenters. The first-order valence-electron chi connectivity index (χ1n) is 3.77. The highest BCUT2D eigenvalue weighted by Crippen LogP contribution is 2.17. The average Bonchev–Trinajstić information content (AvgIpc) is 2.36. The third-order valence-electron chi connectivity index (χ3n) is 1.81. The van der Waals surface area contributed by atoms with E-state index in [0.717, 1.165) is 12.6 Å². The topological polar surface area (TPSA) is 25.2 Å². The maximum atomic E-state index is 4.95. The van der Waals surface area contributed by atoms with Crippen molar-refractivity contribution < 1.29 is 4.42 Å². The molecular weight excluding hydrogens is 158 g/mol. The quantitative estimate of drug-likeness (QED) is 0.742. The number of hydrogen-bond acceptors (Lipinski definition) is 3. The maximum absolute atomic E-state index is 4.95. The van der Waals surface area contributed by atoms with E-state index >= 15 is 0 Å². The van der Waals surface area contributed by atoms with E-state index in [4.69, 9.17) is 4.42 Å². The second-order valence-electron chi connectivity index (χ2n) is 2.75. The maximum Gasteiger partial charge on any atom is 0.0947 e. The molecule has 1 fully saturated rings. The molecule has 0 spiro atoms. The first kappa shape index (κ1) is 7.25. The standard InChI is InChI=1S/C8H11NOS/c1-2-10-4-7(1)3-9-8-5-11-6-8/h1-2,4,8-9H,3,5-6H2. The van der Waals surface area contributed by atoms with Crippen molar-refractivity contribution in [1.82, 2.24) is 5.32 Å². The molecule has 0 aromatic carbocycles. The summed E-state index contributed by atoms with van der Waals surface area (Å²) in [4.78, 5) is 0.